The van der Waals surface area contributed by atoms with E-state index in [0.29, 0.717) is 31.2 Å². The van der Waals surface area contributed by atoms with Gasteiger partial charge >= 0.3 is 0 Å². The predicted molar refractivity (Wildman–Crippen MR) is 64.7 cm³/mol. The SMILES string of the molecule is CC1(C)COCCN1C(=O)C1CC2CCC1N2. The summed E-state index contributed by atoms with van der Waals surface area (Å²) in [4.78, 5) is 14.7. The number of amides is 1. The molecular formula is C13H22N2O2. The van der Waals surface area contributed by atoms with E-state index in [-0.39, 0.29) is 11.5 Å². The molecule has 0 radical (unpaired) electrons. The number of ether oxygens (including phenoxy) is 1. The van der Waals surface area contributed by atoms with E-state index in [9.17, 15) is 4.79 Å². The molecule has 3 saturated heterocycles. The van der Waals surface area contributed by atoms with E-state index in [1.807, 2.05) is 4.90 Å². The molecule has 0 aliphatic carbocycles. The van der Waals surface area contributed by atoms with Crippen LogP contribution in [-0.2, 0) is 9.53 Å². The first kappa shape index (κ1) is 11.5. The van der Waals surface area contributed by atoms with E-state index < -0.39 is 0 Å². The van der Waals surface area contributed by atoms with Crippen LogP contribution in [0, 0.1) is 5.92 Å². The van der Waals surface area contributed by atoms with Crippen LogP contribution in [0.1, 0.15) is 33.1 Å². The number of rotatable bonds is 1. The summed E-state index contributed by atoms with van der Waals surface area (Å²) in [6.07, 6.45) is 3.46. The van der Waals surface area contributed by atoms with Gasteiger partial charge in [0.1, 0.15) is 0 Å². The topological polar surface area (TPSA) is 41.6 Å². The van der Waals surface area contributed by atoms with Crippen molar-refractivity contribution >= 4 is 5.91 Å². The molecule has 1 amide bonds. The van der Waals surface area contributed by atoms with E-state index in [4.69, 9.17) is 4.74 Å². The van der Waals surface area contributed by atoms with Gasteiger partial charge < -0.3 is 15.0 Å². The Morgan fingerprint density at radius 1 is 1.41 bits per heavy atom. The van der Waals surface area contributed by atoms with E-state index in [1.54, 1.807) is 0 Å². The number of morpholine rings is 1. The highest BCUT2D eigenvalue weighted by atomic mass is 16.5. The van der Waals surface area contributed by atoms with Crippen LogP contribution in [0.25, 0.3) is 0 Å². The summed E-state index contributed by atoms with van der Waals surface area (Å²) in [7, 11) is 0. The Balaban J connectivity index is 1.73. The Morgan fingerprint density at radius 3 is 2.82 bits per heavy atom. The van der Waals surface area contributed by atoms with Gasteiger partial charge in [0.25, 0.3) is 0 Å². The van der Waals surface area contributed by atoms with Gasteiger partial charge in [0.15, 0.2) is 0 Å². The molecule has 3 aliphatic heterocycles. The fraction of sp³-hybridized carbons (Fsp3) is 0.923. The van der Waals surface area contributed by atoms with Gasteiger partial charge in [0.2, 0.25) is 5.91 Å². The van der Waals surface area contributed by atoms with Crippen molar-refractivity contribution in [2.45, 2.75) is 50.7 Å². The third-order valence-electron chi connectivity index (χ3n) is 4.53. The zero-order valence-electron chi connectivity index (χ0n) is 10.7. The first-order valence-corrected chi connectivity index (χ1v) is 6.73. The molecule has 96 valence electrons. The lowest BCUT2D eigenvalue weighted by Crippen LogP contribution is -2.58. The van der Waals surface area contributed by atoms with Gasteiger partial charge in [0.05, 0.1) is 24.7 Å². The van der Waals surface area contributed by atoms with Gasteiger partial charge in [-0.15, -0.1) is 0 Å². The molecular weight excluding hydrogens is 216 g/mol. The minimum absolute atomic E-state index is 0.142. The smallest absolute Gasteiger partial charge is 0.227 e. The normalized spacial score (nSPS) is 39.6. The first-order valence-electron chi connectivity index (χ1n) is 6.73. The van der Waals surface area contributed by atoms with E-state index in [2.05, 4.69) is 19.2 Å². The molecule has 3 aliphatic rings. The quantitative estimate of drug-likeness (QED) is 0.733. The molecule has 3 fully saturated rings. The van der Waals surface area contributed by atoms with Crippen molar-refractivity contribution in [3.8, 4) is 0 Å². The molecule has 0 aromatic rings. The Hall–Kier alpha value is -0.610. The largest absolute Gasteiger partial charge is 0.377 e. The van der Waals surface area contributed by atoms with Crippen molar-refractivity contribution in [2.24, 2.45) is 5.92 Å². The van der Waals surface area contributed by atoms with Gasteiger partial charge in [-0.1, -0.05) is 0 Å². The molecule has 3 heterocycles. The fourth-order valence-electron chi connectivity index (χ4n) is 3.56. The van der Waals surface area contributed by atoms with Gasteiger partial charge in [-0.25, -0.2) is 0 Å². The maximum atomic E-state index is 12.6. The highest BCUT2D eigenvalue weighted by Gasteiger charge is 2.46. The van der Waals surface area contributed by atoms with Crippen molar-refractivity contribution in [2.75, 3.05) is 19.8 Å². The average Bonchev–Trinajstić information content (AvgIpc) is 2.89. The molecule has 4 heteroatoms. The highest BCUT2D eigenvalue weighted by molar-refractivity contribution is 5.81. The van der Waals surface area contributed by atoms with Crippen LogP contribution in [0.4, 0.5) is 0 Å². The molecule has 3 rings (SSSR count). The second-order valence-corrected chi connectivity index (χ2v) is 6.24. The van der Waals surface area contributed by atoms with Crippen LogP contribution >= 0.6 is 0 Å². The molecule has 1 N–H and O–H groups in total. The van der Waals surface area contributed by atoms with Crippen LogP contribution in [-0.4, -0.2) is 48.2 Å². The zero-order chi connectivity index (χ0) is 12.0. The molecule has 2 bridgehead atoms. The van der Waals surface area contributed by atoms with Crippen molar-refractivity contribution in [3.05, 3.63) is 0 Å². The van der Waals surface area contributed by atoms with Gasteiger partial charge in [-0.3, -0.25) is 4.79 Å². The minimum Gasteiger partial charge on any atom is -0.377 e. The Bertz CT molecular complexity index is 329. The summed E-state index contributed by atoms with van der Waals surface area (Å²) < 4.78 is 5.48. The number of hydrogen-bond donors (Lipinski definition) is 1. The number of nitrogens with zero attached hydrogens (tertiary/aromatic N) is 1. The van der Waals surface area contributed by atoms with Crippen LogP contribution in [0.2, 0.25) is 0 Å². The number of hydrogen-bond acceptors (Lipinski definition) is 3. The lowest BCUT2D eigenvalue weighted by atomic mass is 9.86. The second kappa shape index (κ2) is 3.95. The van der Waals surface area contributed by atoms with Crippen molar-refractivity contribution in [1.29, 1.82) is 0 Å². The summed E-state index contributed by atoms with van der Waals surface area (Å²) in [5, 5.41) is 3.55. The summed E-state index contributed by atoms with van der Waals surface area (Å²) >= 11 is 0. The molecule has 0 aromatic heterocycles. The Labute approximate surface area is 103 Å². The van der Waals surface area contributed by atoms with Crippen LogP contribution < -0.4 is 5.32 Å². The highest BCUT2D eigenvalue weighted by Crippen LogP contribution is 2.36. The van der Waals surface area contributed by atoms with Gasteiger partial charge in [-0.2, -0.15) is 0 Å². The Kier molecular flexibility index (Phi) is 2.67. The summed E-state index contributed by atoms with van der Waals surface area (Å²) in [6, 6.07) is 1.03. The summed E-state index contributed by atoms with van der Waals surface area (Å²) in [6.45, 7) is 6.30. The monoisotopic (exact) mass is 238 g/mol. The lowest BCUT2D eigenvalue weighted by molar-refractivity contribution is -0.151. The van der Waals surface area contributed by atoms with Crippen LogP contribution in [0.5, 0.6) is 0 Å². The third-order valence-corrected chi connectivity index (χ3v) is 4.53. The number of fused-ring (bicyclic) bond motifs is 2. The van der Waals surface area contributed by atoms with E-state index in [1.165, 1.54) is 12.8 Å². The molecule has 4 nitrogen and oxygen atoms in total. The zero-order valence-corrected chi connectivity index (χ0v) is 10.7. The predicted octanol–water partition coefficient (Wildman–Crippen LogP) is 0.764. The molecule has 0 aromatic carbocycles. The molecule has 3 unspecified atom stereocenters. The first-order chi connectivity index (χ1) is 8.08. The number of carbonyl (C=O) groups is 1. The summed E-state index contributed by atoms with van der Waals surface area (Å²) in [5.41, 5.74) is -0.142. The van der Waals surface area contributed by atoms with Crippen LogP contribution in [0.15, 0.2) is 0 Å². The lowest BCUT2D eigenvalue weighted by Gasteiger charge is -2.44. The van der Waals surface area contributed by atoms with Crippen molar-refractivity contribution < 1.29 is 9.53 Å². The molecule has 17 heavy (non-hydrogen) atoms. The third kappa shape index (κ3) is 1.87. The standard InChI is InChI=1S/C13H22N2O2/c1-13(2)8-17-6-5-15(13)12(16)10-7-9-3-4-11(10)14-9/h9-11,14H,3-8H2,1-2H3. The van der Waals surface area contributed by atoms with Gasteiger partial charge in [0, 0.05) is 18.6 Å². The fourth-order valence-corrected chi connectivity index (χ4v) is 3.56. The maximum absolute atomic E-state index is 12.6. The van der Waals surface area contributed by atoms with E-state index in [0.717, 1.165) is 13.0 Å². The van der Waals surface area contributed by atoms with Gasteiger partial charge in [-0.05, 0) is 33.1 Å². The molecule has 3 atom stereocenters. The number of nitrogens with one attached hydrogen (secondary N) is 1. The minimum atomic E-state index is -0.142. The Morgan fingerprint density at radius 2 is 2.24 bits per heavy atom. The average molecular weight is 238 g/mol. The second-order valence-electron chi connectivity index (χ2n) is 6.24. The van der Waals surface area contributed by atoms with Crippen LogP contribution in [0.3, 0.4) is 0 Å². The van der Waals surface area contributed by atoms with Crippen molar-refractivity contribution in [3.63, 3.8) is 0 Å². The number of carbonyl (C=O) groups excluding carboxylic acids is 1. The maximum Gasteiger partial charge on any atom is 0.227 e. The molecule has 0 saturated carbocycles. The molecule has 0 spiro atoms. The van der Waals surface area contributed by atoms with E-state index >= 15 is 0 Å². The summed E-state index contributed by atoms with van der Waals surface area (Å²) in [5.74, 6) is 0.559. The van der Waals surface area contributed by atoms with Crippen molar-refractivity contribution in [1.82, 2.24) is 10.2 Å².